The molecular formula is C25H30N4O5. The standard InChI is InChI=1S/C25H30N4O5/c1-25(2,3)34-24(33)29-13-18-19(14-29)20(18)27-21(30)16-10-17(22(31)26-4)23(32)28(12-16)11-15-8-6-5-7-9-15/h5-10,12,18-20H,11,13-14H2,1-4H3,(H,26,31)(H,27,30)/t18-,19+,20+. The van der Waals surface area contributed by atoms with Gasteiger partial charge in [0.05, 0.1) is 12.1 Å². The van der Waals surface area contributed by atoms with Gasteiger partial charge in [0.15, 0.2) is 0 Å². The molecule has 0 radical (unpaired) electrons. The molecule has 2 N–H and O–H groups in total. The van der Waals surface area contributed by atoms with Gasteiger partial charge in [-0.1, -0.05) is 30.3 Å². The molecule has 1 aromatic heterocycles. The molecule has 3 amide bonds. The zero-order valence-electron chi connectivity index (χ0n) is 19.8. The lowest BCUT2D eigenvalue weighted by atomic mass is 10.1. The molecule has 1 aliphatic carbocycles. The van der Waals surface area contributed by atoms with Crippen LogP contribution in [0, 0.1) is 11.8 Å². The molecule has 34 heavy (non-hydrogen) atoms. The lowest BCUT2D eigenvalue weighted by molar-refractivity contribution is 0.0269. The second kappa shape index (κ2) is 8.96. The number of amides is 3. The van der Waals surface area contributed by atoms with Gasteiger partial charge in [0.1, 0.15) is 11.2 Å². The molecule has 2 fully saturated rings. The topological polar surface area (TPSA) is 110 Å². The van der Waals surface area contributed by atoms with Crippen molar-refractivity contribution in [2.75, 3.05) is 20.1 Å². The monoisotopic (exact) mass is 466 g/mol. The van der Waals surface area contributed by atoms with Gasteiger partial charge in [-0.3, -0.25) is 14.4 Å². The highest BCUT2D eigenvalue weighted by Crippen LogP contribution is 2.45. The fourth-order valence-corrected chi connectivity index (χ4v) is 4.41. The molecular weight excluding hydrogens is 436 g/mol. The number of carbonyl (C=O) groups is 3. The lowest BCUT2D eigenvalue weighted by Crippen LogP contribution is -2.40. The summed E-state index contributed by atoms with van der Waals surface area (Å²) in [5.41, 5.74) is 0.0179. The number of pyridine rings is 1. The predicted molar refractivity (Wildman–Crippen MR) is 126 cm³/mol. The minimum absolute atomic E-state index is 0.0517. The zero-order chi connectivity index (χ0) is 24.6. The van der Waals surface area contributed by atoms with Gasteiger partial charge in [-0.05, 0) is 32.4 Å². The summed E-state index contributed by atoms with van der Waals surface area (Å²) in [6, 6.07) is 10.6. The summed E-state index contributed by atoms with van der Waals surface area (Å²) in [6.45, 7) is 6.78. The predicted octanol–water partition coefficient (Wildman–Crippen LogP) is 1.85. The number of fused-ring (bicyclic) bond motifs is 1. The summed E-state index contributed by atoms with van der Waals surface area (Å²) in [6.07, 6.45) is 1.15. The molecule has 1 aliphatic heterocycles. The number of nitrogens with one attached hydrogen (secondary N) is 2. The Bertz CT molecular complexity index is 1160. The molecule has 2 aromatic rings. The van der Waals surface area contributed by atoms with Crippen molar-refractivity contribution in [2.45, 2.75) is 39.0 Å². The molecule has 0 unspecified atom stereocenters. The lowest BCUT2D eigenvalue weighted by Gasteiger charge is -2.26. The molecule has 0 bridgehead atoms. The van der Waals surface area contributed by atoms with Crippen molar-refractivity contribution in [3.63, 3.8) is 0 Å². The van der Waals surface area contributed by atoms with Crippen LogP contribution in [-0.4, -0.2) is 59.2 Å². The number of rotatable bonds is 5. The van der Waals surface area contributed by atoms with E-state index in [0.29, 0.717) is 13.1 Å². The summed E-state index contributed by atoms with van der Waals surface area (Å²) >= 11 is 0. The van der Waals surface area contributed by atoms with Crippen LogP contribution < -0.4 is 16.2 Å². The van der Waals surface area contributed by atoms with Crippen LogP contribution in [-0.2, 0) is 11.3 Å². The van der Waals surface area contributed by atoms with Gasteiger partial charge in [-0.25, -0.2) is 4.79 Å². The van der Waals surface area contributed by atoms with Crippen molar-refractivity contribution in [3.8, 4) is 0 Å². The summed E-state index contributed by atoms with van der Waals surface area (Å²) in [5.74, 6) is -0.553. The first kappa shape index (κ1) is 23.5. The average molecular weight is 467 g/mol. The largest absolute Gasteiger partial charge is 0.444 e. The van der Waals surface area contributed by atoms with Gasteiger partial charge in [0, 0.05) is 44.2 Å². The molecule has 9 nitrogen and oxygen atoms in total. The van der Waals surface area contributed by atoms with E-state index in [0.717, 1.165) is 5.56 Å². The minimum atomic E-state index is -0.553. The van der Waals surface area contributed by atoms with E-state index in [1.54, 1.807) is 4.90 Å². The van der Waals surface area contributed by atoms with Crippen molar-refractivity contribution >= 4 is 17.9 Å². The van der Waals surface area contributed by atoms with Crippen LogP contribution in [0.5, 0.6) is 0 Å². The van der Waals surface area contributed by atoms with Crippen molar-refractivity contribution < 1.29 is 19.1 Å². The van der Waals surface area contributed by atoms with Crippen molar-refractivity contribution in [1.29, 1.82) is 0 Å². The maximum absolute atomic E-state index is 13.0. The van der Waals surface area contributed by atoms with Gasteiger partial charge in [0.25, 0.3) is 17.4 Å². The SMILES string of the molecule is CNC(=O)c1cc(C(=O)N[C@H]2[C@@H]3CN(C(=O)OC(C)(C)C)C[C@@H]32)cn(Cc2ccccc2)c1=O. The quantitative estimate of drug-likeness (QED) is 0.699. The van der Waals surface area contributed by atoms with Gasteiger partial charge >= 0.3 is 6.09 Å². The van der Waals surface area contributed by atoms with Gasteiger partial charge in [-0.15, -0.1) is 0 Å². The number of aromatic nitrogens is 1. The Morgan fingerprint density at radius 3 is 2.29 bits per heavy atom. The maximum Gasteiger partial charge on any atom is 0.410 e. The molecule has 4 rings (SSSR count). The maximum atomic E-state index is 13.0. The van der Waals surface area contributed by atoms with Gasteiger partial charge < -0.3 is 24.8 Å². The second-order valence-electron chi connectivity index (χ2n) is 9.85. The number of piperidine rings is 1. The van der Waals surface area contributed by atoms with E-state index in [1.165, 1.54) is 23.9 Å². The Hall–Kier alpha value is -3.62. The Kier molecular flexibility index (Phi) is 6.20. The Morgan fingerprint density at radius 2 is 1.71 bits per heavy atom. The van der Waals surface area contributed by atoms with Crippen LogP contribution in [0.1, 0.15) is 47.1 Å². The first-order valence-corrected chi connectivity index (χ1v) is 11.4. The third-order valence-electron chi connectivity index (χ3n) is 6.16. The number of nitrogens with zero attached hydrogens (tertiary/aromatic N) is 2. The summed E-state index contributed by atoms with van der Waals surface area (Å²) in [5, 5.41) is 5.47. The average Bonchev–Trinajstić information content (AvgIpc) is 3.21. The highest BCUT2D eigenvalue weighted by Gasteiger charge is 2.58. The summed E-state index contributed by atoms with van der Waals surface area (Å²) in [7, 11) is 1.44. The second-order valence-corrected chi connectivity index (χ2v) is 9.85. The number of likely N-dealkylation sites (tertiary alicyclic amines) is 1. The number of hydrogen-bond donors (Lipinski definition) is 2. The van der Waals surface area contributed by atoms with Crippen LogP contribution in [0.15, 0.2) is 47.4 Å². The molecule has 2 heterocycles. The highest BCUT2D eigenvalue weighted by molar-refractivity contribution is 5.99. The zero-order valence-corrected chi connectivity index (χ0v) is 19.8. The van der Waals surface area contributed by atoms with Gasteiger partial charge in [0.2, 0.25) is 0 Å². The van der Waals surface area contributed by atoms with Crippen molar-refractivity contribution in [3.05, 3.63) is 69.6 Å². The van der Waals surface area contributed by atoms with Crippen molar-refractivity contribution in [2.24, 2.45) is 11.8 Å². The van der Waals surface area contributed by atoms with E-state index in [4.69, 9.17) is 4.74 Å². The number of benzene rings is 1. The molecule has 9 heteroatoms. The highest BCUT2D eigenvalue weighted by atomic mass is 16.6. The molecule has 0 spiro atoms. The van der Waals surface area contributed by atoms with E-state index in [2.05, 4.69) is 10.6 Å². The van der Waals surface area contributed by atoms with Crippen LogP contribution in [0.2, 0.25) is 0 Å². The van der Waals surface area contributed by atoms with E-state index in [9.17, 15) is 19.2 Å². The third kappa shape index (κ3) is 4.98. The molecule has 1 saturated carbocycles. The normalized spacial score (nSPS) is 20.9. The first-order chi connectivity index (χ1) is 16.1. The Labute approximate surface area is 198 Å². The Balaban J connectivity index is 1.47. The van der Waals surface area contributed by atoms with Gasteiger partial charge in [-0.2, -0.15) is 0 Å². The first-order valence-electron chi connectivity index (χ1n) is 11.4. The fraction of sp³-hybridized carbons (Fsp3) is 0.440. The number of ether oxygens (including phenoxy) is 1. The van der Waals surface area contributed by atoms with Crippen LogP contribution in [0.4, 0.5) is 4.79 Å². The fourth-order valence-electron chi connectivity index (χ4n) is 4.41. The van der Waals surface area contributed by atoms with Crippen LogP contribution in [0.25, 0.3) is 0 Å². The van der Waals surface area contributed by atoms with Crippen LogP contribution in [0.3, 0.4) is 0 Å². The van der Waals surface area contributed by atoms with E-state index in [1.807, 2.05) is 51.1 Å². The number of carbonyl (C=O) groups excluding carboxylic acids is 3. The molecule has 1 aromatic carbocycles. The van der Waals surface area contributed by atoms with Crippen molar-refractivity contribution in [1.82, 2.24) is 20.1 Å². The number of hydrogen-bond acceptors (Lipinski definition) is 5. The third-order valence-corrected chi connectivity index (χ3v) is 6.16. The van der Waals surface area contributed by atoms with Crippen LogP contribution >= 0.6 is 0 Å². The summed E-state index contributed by atoms with van der Waals surface area (Å²) < 4.78 is 6.81. The Morgan fingerprint density at radius 1 is 1.06 bits per heavy atom. The van der Waals surface area contributed by atoms with E-state index < -0.39 is 17.1 Å². The molecule has 3 atom stereocenters. The molecule has 1 saturated heterocycles. The van der Waals surface area contributed by atoms with E-state index in [-0.39, 0.29) is 47.5 Å². The summed E-state index contributed by atoms with van der Waals surface area (Å²) in [4.78, 5) is 52.2. The molecule has 180 valence electrons. The minimum Gasteiger partial charge on any atom is -0.444 e. The van der Waals surface area contributed by atoms with E-state index >= 15 is 0 Å². The smallest absolute Gasteiger partial charge is 0.410 e. The molecule has 2 aliphatic rings.